The molecule has 0 fully saturated rings. The fourth-order valence-electron chi connectivity index (χ4n) is 2.98. The van der Waals surface area contributed by atoms with Crippen LogP contribution in [0.5, 0.6) is 0 Å². The molecule has 1 heterocycles. The lowest BCUT2D eigenvalue weighted by Crippen LogP contribution is -2.44. The number of aliphatic imine (C=N–C) groups is 1. The Hall–Kier alpha value is -1.10. The lowest BCUT2D eigenvalue weighted by atomic mass is 9.87. The van der Waals surface area contributed by atoms with E-state index in [0.29, 0.717) is 12.5 Å². The van der Waals surface area contributed by atoms with Crippen molar-refractivity contribution in [2.45, 2.75) is 77.7 Å². The summed E-state index contributed by atoms with van der Waals surface area (Å²) in [6, 6.07) is 0. The summed E-state index contributed by atoms with van der Waals surface area (Å²) in [6.07, 6.45) is 7.90. The summed E-state index contributed by atoms with van der Waals surface area (Å²) in [5.41, 5.74) is 5.50. The second kappa shape index (κ2) is 9.82. The van der Waals surface area contributed by atoms with Gasteiger partial charge in [-0.2, -0.15) is 0 Å². The van der Waals surface area contributed by atoms with Crippen LogP contribution in [-0.4, -0.2) is 41.9 Å². The molecule has 0 aromatic carbocycles. The summed E-state index contributed by atoms with van der Waals surface area (Å²) in [5, 5.41) is 3.30. The maximum Gasteiger partial charge on any atom is 0.257 e. The van der Waals surface area contributed by atoms with Crippen LogP contribution in [0.1, 0.15) is 72.1 Å². The SMILES string of the molecule is CCCCC1(CCCC)N=C(N)N(CCCCNCC)C1=O. The third-order valence-electron chi connectivity index (χ3n) is 4.37. The number of nitrogens with two attached hydrogens (primary N) is 1. The van der Waals surface area contributed by atoms with Gasteiger partial charge in [-0.25, -0.2) is 4.99 Å². The largest absolute Gasteiger partial charge is 0.369 e. The minimum atomic E-state index is -0.572. The number of nitrogens with zero attached hydrogens (tertiary/aromatic N) is 2. The Morgan fingerprint density at radius 2 is 1.73 bits per heavy atom. The number of hydrogen-bond donors (Lipinski definition) is 2. The van der Waals surface area contributed by atoms with E-state index in [1.165, 1.54) is 0 Å². The minimum Gasteiger partial charge on any atom is -0.369 e. The topological polar surface area (TPSA) is 70.7 Å². The Balaban J connectivity index is 2.63. The first kappa shape index (κ1) is 18.9. The van der Waals surface area contributed by atoms with Gasteiger partial charge in [0.25, 0.3) is 5.91 Å². The highest BCUT2D eigenvalue weighted by Crippen LogP contribution is 2.32. The molecule has 0 saturated heterocycles. The van der Waals surface area contributed by atoms with Gasteiger partial charge in [0.05, 0.1) is 0 Å². The summed E-state index contributed by atoms with van der Waals surface area (Å²) in [5.74, 6) is 0.566. The van der Waals surface area contributed by atoms with Crippen LogP contribution in [0.4, 0.5) is 0 Å². The van der Waals surface area contributed by atoms with Crippen LogP contribution in [0.15, 0.2) is 4.99 Å². The zero-order valence-corrected chi connectivity index (χ0v) is 14.7. The first-order chi connectivity index (χ1) is 10.6. The van der Waals surface area contributed by atoms with E-state index in [4.69, 9.17) is 5.73 Å². The summed E-state index contributed by atoms with van der Waals surface area (Å²) in [4.78, 5) is 19.2. The van der Waals surface area contributed by atoms with Crippen molar-refractivity contribution < 1.29 is 4.79 Å². The van der Waals surface area contributed by atoms with Gasteiger partial charge in [0.15, 0.2) is 5.96 Å². The Kier molecular flexibility index (Phi) is 8.46. The number of unbranched alkanes of at least 4 members (excludes halogenated alkanes) is 3. The Labute approximate surface area is 135 Å². The minimum absolute atomic E-state index is 0.135. The maximum atomic E-state index is 12.9. The third kappa shape index (κ3) is 4.97. The van der Waals surface area contributed by atoms with E-state index in [2.05, 4.69) is 31.1 Å². The molecule has 1 aliphatic heterocycles. The molecule has 1 amide bonds. The van der Waals surface area contributed by atoms with E-state index < -0.39 is 5.54 Å². The van der Waals surface area contributed by atoms with Crippen molar-refractivity contribution in [2.75, 3.05) is 19.6 Å². The van der Waals surface area contributed by atoms with Crippen LogP contribution in [0, 0.1) is 0 Å². The molecule has 0 radical (unpaired) electrons. The molecule has 5 nitrogen and oxygen atoms in total. The molecule has 0 bridgehead atoms. The van der Waals surface area contributed by atoms with Crippen LogP contribution in [0.25, 0.3) is 0 Å². The number of carbonyl (C=O) groups is 1. The van der Waals surface area contributed by atoms with Gasteiger partial charge in [0.2, 0.25) is 0 Å². The molecule has 3 N–H and O–H groups in total. The van der Waals surface area contributed by atoms with Crippen LogP contribution in [-0.2, 0) is 4.79 Å². The quantitative estimate of drug-likeness (QED) is 0.544. The van der Waals surface area contributed by atoms with E-state index in [1.54, 1.807) is 4.90 Å². The molecule has 0 aromatic rings. The van der Waals surface area contributed by atoms with E-state index in [1.807, 2.05) is 0 Å². The highest BCUT2D eigenvalue weighted by Gasteiger charge is 2.46. The van der Waals surface area contributed by atoms with Gasteiger partial charge in [-0.15, -0.1) is 0 Å². The van der Waals surface area contributed by atoms with Gasteiger partial charge in [-0.1, -0.05) is 46.5 Å². The molecule has 0 unspecified atom stereocenters. The van der Waals surface area contributed by atoms with Gasteiger partial charge >= 0.3 is 0 Å². The van der Waals surface area contributed by atoms with Crippen LogP contribution in [0.2, 0.25) is 0 Å². The van der Waals surface area contributed by atoms with Crippen molar-refractivity contribution in [3.63, 3.8) is 0 Å². The van der Waals surface area contributed by atoms with Gasteiger partial charge in [0.1, 0.15) is 5.54 Å². The van der Waals surface area contributed by atoms with E-state index in [9.17, 15) is 4.79 Å². The van der Waals surface area contributed by atoms with E-state index in [0.717, 1.165) is 64.5 Å². The average Bonchev–Trinajstić information content (AvgIpc) is 2.75. The summed E-state index contributed by atoms with van der Waals surface area (Å²) < 4.78 is 0. The Morgan fingerprint density at radius 3 is 2.27 bits per heavy atom. The van der Waals surface area contributed by atoms with Crippen LogP contribution in [0.3, 0.4) is 0 Å². The lowest BCUT2D eigenvalue weighted by molar-refractivity contribution is -0.131. The molecule has 128 valence electrons. The fraction of sp³-hybridized carbons (Fsp3) is 0.882. The first-order valence-electron chi connectivity index (χ1n) is 8.99. The van der Waals surface area contributed by atoms with Crippen molar-refractivity contribution in [1.82, 2.24) is 10.2 Å². The van der Waals surface area contributed by atoms with Crippen molar-refractivity contribution in [1.29, 1.82) is 0 Å². The van der Waals surface area contributed by atoms with Gasteiger partial charge in [-0.3, -0.25) is 9.69 Å². The summed E-state index contributed by atoms with van der Waals surface area (Å²) >= 11 is 0. The van der Waals surface area contributed by atoms with Crippen LogP contribution < -0.4 is 11.1 Å². The third-order valence-corrected chi connectivity index (χ3v) is 4.37. The molecule has 5 heteroatoms. The van der Waals surface area contributed by atoms with Crippen molar-refractivity contribution in [3.8, 4) is 0 Å². The number of nitrogens with one attached hydrogen (secondary N) is 1. The van der Waals surface area contributed by atoms with Crippen LogP contribution >= 0.6 is 0 Å². The number of carbonyl (C=O) groups excluding carboxylic acids is 1. The zero-order valence-electron chi connectivity index (χ0n) is 14.7. The van der Waals surface area contributed by atoms with Crippen molar-refractivity contribution in [2.24, 2.45) is 10.7 Å². The predicted octanol–water partition coefficient (Wildman–Crippen LogP) is 2.65. The summed E-state index contributed by atoms with van der Waals surface area (Å²) in [6.45, 7) is 9.08. The van der Waals surface area contributed by atoms with Crippen molar-refractivity contribution >= 4 is 11.9 Å². The molecular weight excluding hydrogens is 276 g/mol. The first-order valence-corrected chi connectivity index (χ1v) is 8.99. The van der Waals surface area contributed by atoms with Gasteiger partial charge in [-0.05, 0) is 38.8 Å². The molecule has 0 aromatic heterocycles. The normalized spacial score (nSPS) is 17.1. The smallest absolute Gasteiger partial charge is 0.257 e. The number of amides is 1. The molecule has 22 heavy (non-hydrogen) atoms. The second-order valence-electron chi connectivity index (χ2n) is 6.23. The molecular formula is C17H34N4O. The average molecular weight is 310 g/mol. The zero-order chi connectivity index (χ0) is 16.4. The maximum absolute atomic E-state index is 12.9. The second-order valence-corrected chi connectivity index (χ2v) is 6.23. The lowest BCUT2D eigenvalue weighted by Gasteiger charge is -2.26. The highest BCUT2D eigenvalue weighted by atomic mass is 16.2. The highest BCUT2D eigenvalue weighted by molar-refractivity contribution is 6.06. The number of guanidine groups is 1. The van der Waals surface area contributed by atoms with Crippen molar-refractivity contribution in [3.05, 3.63) is 0 Å². The van der Waals surface area contributed by atoms with E-state index >= 15 is 0 Å². The molecule has 0 saturated carbocycles. The molecule has 1 aliphatic rings. The summed E-state index contributed by atoms with van der Waals surface area (Å²) in [7, 11) is 0. The Bertz CT molecular complexity index is 360. The number of rotatable bonds is 12. The molecule has 0 aliphatic carbocycles. The van der Waals surface area contributed by atoms with E-state index in [-0.39, 0.29) is 5.91 Å². The molecule has 0 spiro atoms. The van der Waals surface area contributed by atoms with Gasteiger partial charge in [0, 0.05) is 6.54 Å². The fourth-order valence-corrected chi connectivity index (χ4v) is 2.98. The monoisotopic (exact) mass is 310 g/mol. The van der Waals surface area contributed by atoms with Gasteiger partial charge < -0.3 is 11.1 Å². The predicted molar refractivity (Wildman–Crippen MR) is 92.9 cm³/mol. The standard InChI is InChI=1S/C17H34N4O/c1-4-7-11-17(12-8-5-2)15(22)21(16(18)20-17)14-10-9-13-19-6-3/h19H,4-14H2,1-3H3,(H2,18,20). The molecule has 0 atom stereocenters. The number of hydrogen-bond acceptors (Lipinski definition) is 4. The molecule has 1 rings (SSSR count). The Morgan fingerprint density at radius 1 is 1.09 bits per heavy atom.